The summed E-state index contributed by atoms with van der Waals surface area (Å²) >= 11 is 0. The van der Waals surface area contributed by atoms with E-state index in [-0.39, 0.29) is 6.61 Å². The molecule has 3 rings (SSSR count). The van der Waals surface area contributed by atoms with Crippen LogP contribution in [0.25, 0.3) is 11.5 Å². The summed E-state index contributed by atoms with van der Waals surface area (Å²) in [5.74, 6) is 2.49. The first kappa shape index (κ1) is 15.1. The lowest BCUT2D eigenvalue weighted by molar-refractivity contribution is 0.264. The molecular formula is C18H18N2O3. The highest BCUT2D eigenvalue weighted by Gasteiger charge is 2.09. The first-order chi connectivity index (χ1) is 11.1. The Hall–Kier alpha value is -2.82. The van der Waals surface area contributed by atoms with Gasteiger partial charge in [-0.25, -0.2) is 0 Å². The lowest BCUT2D eigenvalue weighted by atomic mass is 10.1. The average Bonchev–Trinajstić information content (AvgIpc) is 3.01. The standard InChI is InChI=1S/C18H18N2O3/c1-12-8-13(2)10-16(9-12)22-11-17-19-20-18(23-17)14-4-6-15(21-3)7-5-14/h4-10H,11H2,1-3H3. The van der Waals surface area contributed by atoms with Gasteiger partial charge in [-0.3, -0.25) is 0 Å². The van der Waals surface area contributed by atoms with Crippen molar-refractivity contribution in [3.8, 4) is 23.0 Å². The predicted octanol–water partition coefficient (Wildman–Crippen LogP) is 3.94. The molecule has 0 radical (unpaired) electrons. The van der Waals surface area contributed by atoms with Gasteiger partial charge in [-0.15, -0.1) is 10.2 Å². The third-order valence-corrected chi connectivity index (χ3v) is 3.36. The van der Waals surface area contributed by atoms with Gasteiger partial charge in [-0.2, -0.15) is 0 Å². The Kier molecular flexibility index (Phi) is 4.28. The number of aromatic nitrogens is 2. The minimum atomic E-state index is 0.242. The molecule has 23 heavy (non-hydrogen) atoms. The average molecular weight is 310 g/mol. The van der Waals surface area contributed by atoms with Gasteiger partial charge in [0.05, 0.1) is 7.11 Å². The summed E-state index contributed by atoms with van der Waals surface area (Å²) < 4.78 is 16.5. The van der Waals surface area contributed by atoms with Crippen molar-refractivity contribution < 1.29 is 13.9 Å². The molecule has 0 saturated heterocycles. The van der Waals surface area contributed by atoms with Crippen molar-refractivity contribution in [1.82, 2.24) is 10.2 Å². The molecule has 0 unspecified atom stereocenters. The van der Waals surface area contributed by atoms with E-state index in [1.807, 2.05) is 50.2 Å². The SMILES string of the molecule is COc1ccc(-c2nnc(COc3cc(C)cc(C)c3)o2)cc1. The van der Waals surface area contributed by atoms with Crippen LogP contribution in [-0.2, 0) is 6.61 Å². The highest BCUT2D eigenvalue weighted by atomic mass is 16.5. The van der Waals surface area contributed by atoms with Crippen molar-refractivity contribution in [2.75, 3.05) is 7.11 Å². The molecule has 0 amide bonds. The number of benzene rings is 2. The molecule has 5 nitrogen and oxygen atoms in total. The Morgan fingerprint density at radius 1 is 0.913 bits per heavy atom. The highest BCUT2D eigenvalue weighted by Crippen LogP contribution is 2.22. The van der Waals surface area contributed by atoms with E-state index in [9.17, 15) is 0 Å². The summed E-state index contributed by atoms with van der Waals surface area (Å²) in [7, 11) is 1.63. The second-order valence-corrected chi connectivity index (χ2v) is 5.34. The van der Waals surface area contributed by atoms with Crippen LogP contribution in [0.2, 0.25) is 0 Å². The minimum Gasteiger partial charge on any atom is -0.497 e. The van der Waals surface area contributed by atoms with E-state index in [2.05, 4.69) is 16.3 Å². The van der Waals surface area contributed by atoms with Crippen molar-refractivity contribution >= 4 is 0 Å². The van der Waals surface area contributed by atoms with Gasteiger partial charge in [-0.05, 0) is 61.4 Å². The topological polar surface area (TPSA) is 57.4 Å². The maximum Gasteiger partial charge on any atom is 0.254 e. The fourth-order valence-electron chi connectivity index (χ4n) is 2.32. The molecule has 0 N–H and O–H groups in total. The van der Waals surface area contributed by atoms with Gasteiger partial charge in [0.1, 0.15) is 11.5 Å². The van der Waals surface area contributed by atoms with Gasteiger partial charge in [-0.1, -0.05) is 6.07 Å². The summed E-state index contributed by atoms with van der Waals surface area (Å²) in [6, 6.07) is 13.5. The molecular weight excluding hydrogens is 292 g/mol. The van der Waals surface area contributed by atoms with Crippen LogP contribution in [0.5, 0.6) is 11.5 Å². The molecule has 0 spiro atoms. The zero-order chi connectivity index (χ0) is 16.2. The molecule has 0 saturated carbocycles. The van der Waals surface area contributed by atoms with Crippen LogP contribution >= 0.6 is 0 Å². The number of nitrogens with zero attached hydrogens (tertiary/aromatic N) is 2. The highest BCUT2D eigenvalue weighted by molar-refractivity contribution is 5.53. The van der Waals surface area contributed by atoms with Gasteiger partial charge in [0.15, 0.2) is 6.61 Å². The normalized spacial score (nSPS) is 10.6. The van der Waals surface area contributed by atoms with Crippen molar-refractivity contribution in [2.45, 2.75) is 20.5 Å². The Morgan fingerprint density at radius 3 is 2.26 bits per heavy atom. The summed E-state index contributed by atoms with van der Waals surface area (Å²) in [5.41, 5.74) is 3.16. The van der Waals surface area contributed by atoms with E-state index in [1.54, 1.807) is 7.11 Å². The van der Waals surface area contributed by atoms with Crippen LogP contribution < -0.4 is 9.47 Å². The van der Waals surface area contributed by atoms with Gasteiger partial charge >= 0.3 is 0 Å². The summed E-state index contributed by atoms with van der Waals surface area (Å²) in [5, 5.41) is 8.07. The van der Waals surface area contributed by atoms with Crippen LogP contribution in [-0.4, -0.2) is 17.3 Å². The number of hydrogen-bond acceptors (Lipinski definition) is 5. The van der Waals surface area contributed by atoms with Crippen molar-refractivity contribution in [1.29, 1.82) is 0 Å². The van der Waals surface area contributed by atoms with Crippen LogP contribution in [0, 0.1) is 13.8 Å². The number of ether oxygens (including phenoxy) is 2. The zero-order valence-electron chi connectivity index (χ0n) is 13.4. The Balaban J connectivity index is 1.69. The molecule has 0 aliphatic rings. The molecule has 1 heterocycles. The first-order valence-electron chi connectivity index (χ1n) is 7.32. The predicted molar refractivity (Wildman–Crippen MR) is 86.5 cm³/mol. The Morgan fingerprint density at radius 2 is 1.61 bits per heavy atom. The molecule has 0 aliphatic carbocycles. The van der Waals surface area contributed by atoms with Crippen molar-refractivity contribution in [2.24, 2.45) is 0 Å². The summed E-state index contributed by atoms with van der Waals surface area (Å²) in [6.07, 6.45) is 0. The Labute approximate surface area is 134 Å². The number of rotatable bonds is 5. The fraction of sp³-hybridized carbons (Fsp3) is 0.222. The molecule has 0 bridgehead atoms. The number of aryl methyl sites for hydroxylation is 2. The molecule has 5 heteroatoms. The molecule has 2 aromatic carbocycles. The molecule has 0 fully saturated rings. The van der Waals surface area contributed by atoms with Gasteiger partial charge in [0.25, 0.3) is 5.89 Å². The van der Waals surface area contributed by atoms with E-state index < -0.39 is 0 Å². The lowest BCUT2D eigenvalue weighted by Gasteiger charge is -2.05. The molecule has 3 aromatic rings. The molecule has 0 atom stereocenters. The maximum absolute atomic E-state index is 5.72. The first-order valence-corrected chi connectivity index (χ1v) is 7.32. The smallest absolute Gasteiger partial charge is 0.254 e. The second kappa shape index (κ2) is 6.52. The van der Waals surface area contributed by atoms with E-state index in [4.69, 9.17) is 13.9 Å². The molecule has 1 aromatic heterocycles. The van der Waals surface area contributed by atoms with Gasteiger partial charge < -0.3 is 13.9 Å². The van der Waals surface area contributed by atoms with E-state index >= 15 is 0 Å². The summed E-state index contributed by atoms with van der Waals surface area (Å²) in [6.45, 7) is 4.31. The third kappa shape index (κ3) is 3.69. The zero-order valence-corrected chi connectivity index (χ0v) is 13.4. The number of hydrogen-bond donors (Lipinski definition) is 0. The Bertz CT molecular complexity index is 774. The fourth-order valence-corrected chi connectivity index (χ4v) is 2.32. The van der Waals surface area contributed by atoms with Crippen LogP contribution in [0.15, 0.2) is 46.9 Å². The van der Waals surface area contributed by atoms with Gasteiger partial charge in [0, 0.05) is 5.56 Å². The van der Waals surface area contributed by atoms with E-state index in [1.165, 1.54) is 0 Å². The van der Waals surface area contributed by atoms with E-state index in [0.717, 1.165) is 28.2 Å². The minimum absolute atomic E-state index is 0.242. The van der Waals surface area contributed by atoms with Crippen molar-refractivity contribution in [3.05, 3.63) is 59.5 Å². The molecule has 118 valence electrons. The third-order valence-electron chi connectivity index (χ3n) is 3.36. The summed E-state index contributed by atoms with van der Waals surface area (Å²) in [4.78, 5) is 0. The quantitative estimate of drug-likeness (QED) is 0.714. The van der Waals surface area contributed by atoms with Crippen LogP contribution in [0.1, 0.15) is 17.0 Å². The van der Waals surface area contributed by atoms with Crippen LogP contribution in [0.4, 0.5) is 0 Å². The second-order valence-electron chi connectivity index (χ2n) is 5.34. The molecule has 0 aliphatic heterocycles. The maximum atomic E-state index is 5.72. The van der Waals surface area contributed by atoms with Gasteiger partial charge in [0.2, 0.25) is 5.89 Å². The monoisotopic (exact) mass is 310 g/mol. The lowest BCUT2D eigenvalue weighted by Crippen LogP contribution is -1.96. The van der Waals surface area contributed by atoms with E-state index in [0.29, 0.717) is 11.8 Å². The van der Waals surface area contributed by atoms with Crippen LogP contribution in [0.3, 0.4) is 0 Å². The number of methoxy groups -OCH3 is 1. The largest absolute Gasteiger partial charge is 0.497 e. The van der Waals surface area contributed by atoms with Crippen molar-refractivity contribution in [3.63, 3.8) is 0 Å².